The van der Waals surface area contributed by atoms with Crippen LogP contribution in [0.1, 0.15) is 27.0 Å². The Kier molecular flexibility index (Phi) is 6.03. The van der Waals surface area contributed by atoms with Crippen LogP contribution >= 0.6 is 0 Å². The van der Waals surface area contributed by atoms with Gasteiger partial charge in [-0.2, -0.15) is 0 Å². The Bertz CT molecular complexity index is 1190. The first-order chi connectivity index (χ1) is 15.5. The molecule has 1 aliphatic rings. The predicted octanol–water partition coefficient (Wildman–Crippen LogP) is 5.22. The number of carbonyl (C=O) groups excluding carboxylic acids is 1. The fourth-order valence-corrected chi connectivity index (χ4v) is 3.71. The van der Waals surface area contributed by atoms with Crippen molar-refractivity contribution < 1.29 is 28.5 Å². The minimum Gasteiger partial charge on any atom is -0.496 e. The smallest absolute Gasteiger partial charge is 0.232 e. The van der Waals surface area contributed by atoms with Gasteiger partial charge >= 0.3 is 0 Å². The summed E-state index contributed by atoms with van der Waals surface area (Å²) in [5.41, 5.74) is 2.93. The number of hydrogen-bond acceptors (Lipinski definition) is 6. The van der Waals surface area contributed by atoms with Crippen molar-refractivity contribution in [2.75, 3.05) is 21.3 Å². The molecule has 0 bridgehead atoms. The summed E-state index contributed by atoms with van der Waals surface area (Å²) in [6.07, 6.45) is 1.67. The highest BCUT2D eigenvalue weighted by Gasteiger charge is 2.30. The van der Waals surface area contributed by atoms with Gasteiger partial charge in [-0.25, -0.2) is 0 Å². The number of aryl methyl sites for hydroxylation is 1. The first-order valence-corrected chi connectivity index (χ1v) is 10.1. The standard InChI is InChI=1S/C26H24O6/c1-16-12-19(31-15-18-8-5-6-10-20(18)28-2)14-22-24(16)25(27)23(32-22)13-17-9-7-11-21(29-3)26(17)30-4/h5-14H,15H2,1-4H3/b23-13-. The second kappa shape index (κ2) is 9.06. The predicted molar refractivity (Wildman–Crippen MR) is 121 cm³/mol. The molecule has 0 N–H and O–H groups in total. The SMILES string of the molecule is COc1ccccc1COc1cc(C)c2c(c1)O/C(=C\c1cccc(OC)c1OC)C2=O. The quantitative estimate of drug-likeness (QED) is 0.477. The van der Waals surface area contributed by atoms with Gasteiger partial charge in [0.1, 0.15) is 23.9 Å². The van der Waals surface area contributed by atoms with Crippen LogP contribution < -0.4 is 23.7 Å². The maximum Gasteiger partial charge on any atom is 0.232 e. The Morgan fingerprint density at radius 2 is 1.66 bits per heavy atom. The third kappa shape index (κ3) is 3.99. The van der Waals surface area contributed by atoms with Gasteiger partial charge in [0, 0.05) is 17.2 Å². The Morgan fingerprint density at radius 3 is 2.41 bits per heavy atom. The van der Waals surface area contributed by atoms with E-state index in [1.807, 2.05) is 49.4 Å². The molecule has 0 fully saturated rings. The van der Waals surface area contributed by atoms with E-state index in [1.165, 1.54) is 0 Å². The largest absolute Gasteiger partial charge is 0.496 e. The van der Waals surface area contributed by atoms with E-state index in [0.717, 1.165) is 16.9 Å². The van der Waals surface area contributed by atoms with Crippen LogP contribution in [0.25, 0.3) is 6.08 Å². The topological polar surface area (TPSA) is 63.2 Å². The number of ether oxygens (including phenoxy) is 5. The number of fused-ring (bicyclic) bond motifs is 1. The Balaban J connectivity index is 1.60. The maximum absolute atomic E-state index is 13.0. The molecule has 6 nitrogen and oxygen atoms in total. The van der Waals surface area contributed by atoms with Crippen LogP contribution in [0.4, 0.5) is 0 Å². The highest BCUT2D eigenvalue weighted by Crippen LogP contribution is 2.39. The molecule has 3 aromatic rings. The van der Waals surface area contributed by atoms with Gasteiger partial charge in [0.2, 0.25) is 5.78 Å². The van der Waals surface area contributed by atoms with E-state index >= 15 is 0 Å². The lowest BCUT2D eigenvalue weighted by atomic mass is 10.0. The van der Waals surface area contributed by atoms with E-state index in [0.29, 0.717) is 40.7 Å². The zero-order chi connectivity index (χ0) is 22.7. The van der Waals surface area contributed by atoms with E-state index < -0.39 is 0 Å². The van der Waals surface area contributed by atoms with Crippen molar-refractivity contribution in [3.05, 3.63) is 82.6 Å². The number of para-hydroxylation sites is 2. The van der Waals surface area contributed by atoms with Crippen molar-refractivity contribution in [3.63, 3.8) is 0 Å². The summed E-state index contributed by atoms with van der Waals surface area (Å²) in [6, 6.07) is 16.7. The van der Waals surface area contributed by atoms with Crippen molar-refractivity contribution in [3.8, 4) is 28.7 Å². The van der Waals surface area contributed by atoms with E-state index in [9.17, 15) is 4.79 Å². The van der Waals surface area contributed by atoms with E-state index in [4.69, 9.17) is 23.7 Å². The van der Waals surface area contributed by atoms with Crippen molar-refractivity contribution in [1.29, 1.82) is 0 Å². The summed E-state index contributed by atoms with van der Waals surface area (Å²) in [5.74, 6) is 2.99. The van der Waals surface area contributed by atoms with E-state index in [1.54, 1.807) is 39.5 Å². The van der Waals surface area contributed by atoms with Crippen LogP contribution in [0, 0.1) is 6.92 Å². The molecule has 0 aliphatic carbocycles. The van der Waals surface area contributed by atoms with Gasteiger partial charge in [0.15, 0.2) is 17.3 Å². The minimum atomic E-state index is -0.182. The number of rotatable bonds is 7. The van der Waals surface area contributed by atoms with Crippen molar-refractivity contribution in [1.82, 2.24) is 0 Å². The summed E-state index contributed by atoms with van der Waals surface area (Å²) >= 11 is 0. The molecule has 4 rings (SSSR count). The number of methoxy groups -OCH3 is 3. The number of Topliss-reactive ketones (excluding diaryl/α,β-unsaturated/α-hetero) is 1. The number of benzene rings is 3. The van der Waals surface area contributed by atoms with E-state index in [-0.39, 0.29) is 11.5 Å². The zero-order valence-electron chi connectivity index (χ0n) is 18.4. The van der Waals surface area contributed by atoms with Crippen molar-refractivity contribution in [2.24, 2.45) is 0 Å². The van der Waals surface area contributed by atoms with Gasteiger partial charge in [0.25, 0.3) is 0 Å². The van der Waals surface area contributed by atoms with Gasteiger partial charge < -0.3 is 23.7 Å². The van der Waals surface area contributed by atoms with Crippen LogP contribution in [-0.2, 0) is 6.61 Å². The molecular weight excluding hydrogens is 408 g/mol. The molecule has 0 saturated heterocycles. The van der Waals surface area contributed by atoms with Gasteiger partial charge in [-0.15, -0.1) is 0 Å². The van der Waals surface area contributed by atoms with Crippen LogP contribution in [0.2, 0.25) is 0 Å². The average molecular weight is 432 g/mol. The minimum absolute atomic E-state index is 0.182. The second-order valence-electron chi connectivity index (χ2n) is 7.24. The molecule has 6 heteroatoms. The molecule has 0 aromatic heterocycles. The van der Waals surface area contributed by atoms with E-state index in [2.05, 4.69) is 0 Å². The van der Waals surface area contributed by atoms with Crippen LogP contribution in [0.15, 0.2) is 60.4 Å². The van der Waals surface area contributed by atoms with Crippen LogP contribution in [0.3, 0.4) is 0 Å². The Morgan fingerprint density at radius 1 is 0.906 bits per heavy atom. The lowest BCUT2D eigenvalue weighted by molar-refractivity contribution is 0.101. The van der Waals surface area contributed by atoms with Crippen molar-refractivity contribution >= 4 is 11.9 Å². The fourth-order valence-electron chi connectivity index (χ4n) is 3.71. The van der Waals surface area contributed by atoms with Gasteiger partial charge in [0.05, 0.1) is 26.9 Å². The number of ketones is 1. The molecule has 32 heavy (non-hydrogen) atoms. The molecule has 0 radical (unpaired) electrons. The average Bonchev–Trinajstić information content (AvgIpc) is 3.12. The highest BCUT2D eigenvalue weighted by molar-refractivity contribution is 6.15. The number of hydrogen-bond donors (Lipinski definition) is 0. The summed E-state index contributed by atoms with van der Waals surface area (Å²) in [6.45, 7) is 2.20. The lowest BCUT2D eigenvalue weighted by Crippen LogP contribution is -2.01. The van der Waals surface area contributed by atoms with Crippen LogP contribution in [-0.4, -0.2) is 27.1 Å². The fraction of sp³-hybridized carbons (Fsp3) is 0.192. The number of allylic oxidation sites excluding steroid dienone is 1. The molecule has 1 heterocycles. The first kappa shape index (κ1) is 21.3. The van der Waals surface area contributed by atoms with Crippen molar-refractivity contribution in [2.45, 2.75) is 13.5 Å². The molecule has 0 unspecified atom stereocenters. The van der Waals surface area contributed by atoms with Crippen LogP contribution in [0.5, 0.6) is 28.7 Å². The molecule has 0 atom stereocenters. The first-order valence-electron chi connectivity index (χ1n) is 10.1. The Labute approximate surface area is 186 Å². The molecular formula is C26H24O6. The third-order valence-electron chi connectivity index (χ3n) is 5.25. The summed E-state index contributed by atoms with van der Waals surface area (Å²) < 4.78 is 28.1. The second-order valence-corrected chi connectivity index (χ2v) is 7.24. The highest BCUT2D eigenvalue weighted by atomic mass is 16.5. The summed E-state index contributed by atoms with van der Waals surface area (Å²) in [7, 11) is 4.75. The van der Waals surface area contributed by atoms with Gasteiger partial charge in [-0.05, 0) is 36.8 Å². The van der Waals surface area contributed by atoms with Gasteiger partial charge in [-0.1, -0.05) is 30.3 Å². The molecule has 3 aromatic carbocycles. The lowest BCUT2D eigenvalue weighted by Gasteiger charge is -2.11. The zero-order valence-corrected chi connectivity index (χ0v) is 18.4. The Hall–Kier alpha value is -3.93. The molecule has 0 amide bonds. The third-order valence-corrected chi connectivity index (χ3v) is 5.25. The molecule has 164 valence electrons. The maximum atomic E-state index is 13.0. The summed E-state index contributed by atoms with van der Waals surface area (Å²) in [4.78, 5) is 13.0. The molecule has 0 saturated carbocycles. The molecule has 0 spiro atoms. The monoisotopic (exact) mass is 432 g/mol. The number of carbonyl (C=O) groups is 1. The molecule has 1 aliphatic heterocycles. The normalized spacial score (nSPS) is 13.5. The van der Waals surface area contributed by atoms with Gasteiger partial charge in [-0.3, -0.25) is 4.79 Å². The summed E-state index contributed by atoms with van der Waals surface area (Å²) in [5, 5.41) is 0.